The van der Waals surface area contributed by atoms with Crippen LogP contribution in [0.2, 0.25) is 0 Å². The molecule has 2 aromatic carbocycles. The summed E-state index contributed by atoms with van der Waals surface area (Å²) < 4.78 is 45.1. The van der Waals surface area contributed by atoms with Crippen molar-refractivity contribution in [3.8, 4) is 5.75 Å². The van der Waals surface area contributed by atoms with Crippen LogP contribution in [0.1, 0.15) is 5.56 Å². The maximum Gasteiger partial charge on any atom is 0.454 e. The Morgan fingerprint density at radius 2 is 1.88 bits per heavy atom. The lowest BCUT2D eigenvalue weighted by atomic mass is 10.00. The maximum absolute atomic E-state index is 12.6. The first kappa shape index (κ1) is 15.0. The van der Waals surface area contributed by atoms with Gasteiger partial charge in [0.25, 0.3) is 5.78 Å². The normalized spacial score (nSPS) is 14.8. The number of thiophene rings is 1. The number of alkyl halides is 3. The number of hydrogen-bond donors (Lipinski definition) is 1. The standard InChI is InChI=1S/C17H9F3O3S/c18-17(19,20)16(22)11-7-23-14-10(13(11)21)6-5-9-8-3-1-2-4-12(8)24-15(9)14/h1-6,21H,7H2. The van der Waals surface area contributed by atoms with Gasteiger partial charge in [0.15, 0.2) is 0 Å². The molecular formula is C17H9F3O3S. The lowest BCUT2D eigenvalue weighted by Crippen LogP contribution is -2.29. The van der Waals surface area contributed by atoms with Crippen LogP contribution in [0.5, 0.6) is 5.75 Å². The van der Waals surface area contributed by atoms with Gasteiger partial charge in [0.05, 0.1) is 15.8 Å². The number of rotatable bonds is 1. The van der Waals surface area contributed by atoms with E-state index in [1.807, 2.05) is 24.3 Å². The van der Waals surface area contributed by atoms with Gasteiger partial charge in [-0.15, -0.1) is 11.3 Å². The lowest BCUT2D eigenvalue weighted by Gasteiger charge is -2.21. The second kappa shape index (κ2) is 4.98. The topological polar surface area (TPSA) is 46.5 Å². The molecule has 0 unspecified atom stereocenters. The number of aliphatic hydroxyl groups excluding tert-OH is 1. The highest BCUT2D eigenvalue weighted by Gasteiger charge is 2.43. The van der Waals surface area contributed by atoms with Gasteiger partial charge in [-0.25, -0.2) is 0 Å². The Balaban J connectivity index is 1.95. The molecule has 3 nitrogen and oxygen atoms in total. The summed E-state index contributed by atoms with van der Waals surface area (Å²) in [6.45, 7) is -0.607. The molecule has 2 heterocycles. The zero-order valence-corrected chi connectivity index (χ0v) is 12.8. The SMILES string of the molecule is O=C(C1=C(O)c2ccc3c(sc4ccccc43)c2OC1)C(F)(F)F. The Morgan fingerprint density at radius 1 is 1.12 bits per heavy atom. The van der Waals surface area contributed by atoms with E-state index in [-0.39, 0.29) is 5.56 Å². The molecule has 0 fully saturated rings. The van der Waals surface area contributed by atoms with Crippen LogP contribution >= 0.6 is 11.3 Å². The Bertz CT molecular complexity index is 1030. The van der Waals surface area contributed by atoms with Gasteiger partial charge >= 0.3 is 6.18 Å². The van der Waals surface area contributed by atoms with E-state index < -0.39 is 29.9 Å². The minimum absolute atomic E-state index is 0.105. The van der Waals surface area contributed by atoms with E-state index in [9.17, 15) is 23.1 Å². The van der Waals surface area contributed by atoms with Crippen molar-refractivity contribution >= 4 is 43.1 Å². The van der Waals surface area contributed by atoms with Gasteiger partial charge in [-0.1, -0.05) is 24.3 Å². The predicted molar refractivity (Wildman–Crippen MR) is 85.4 cm³/mol. The molecule has 1 aliphatic rings. The van der Waals surface area contributed by atoms with Gasteiger partial charge in [-0.05, 0) is 12.1 Å². The summed E-state index contributed by atoms with van der Waals surface area (Å²) in [6, 6.07) is 10.9. The van der Waals surface area contributed by atoms with E-state index in [2.05, 4.69) is 0 Å². The van der Waals surface area contributed by atoms with Crippen LogP contribution < -0.4 is 4.74 Å². The minimum atomic E-state index is -5.05. The molecule has 0 spiro atoms. The molecule has 0 radical (unpaired) electrons. The van der Waals surface area contributed by atoms with Crippen LogP contribution in [0, 0.1) is 0 Å². The summed E-state index contributed by atoms with van der Waals surface area (Å²) in [5.74, 6) is -2.44. The molecule has 4 rings (SSSR count). The zero-order chi connectivity index (χ0) is 17.1. The number of Topliss-reactive ketones (excluding diaryl/α,β-unsaturated/α-hetero) is 1. The third-order valence-corrected chi connectivity index (χ3v) is 5.12. The molecule has 1 aliphatic heterocycles. The van der Waals surface area contributed by atoms with Crippen molar-refractivity contribution in [3.63, 3.8) is 0 Å². The van der Waals surface area contributed by atoms with Crippen molar-refractivity contribution in [2.24, 2.45) is 0 Å². The van der Waals surface area contributed by atoms with Crippen molar-refractivity contribution in [3.05, 3.63) is 47.5 Å². The Kier molecular flexibility index (Phi) is 3.11. The van der Waals surface area contributed by atoms with E-state index in [4.69, 9.17) is 4.74 Å². The van der Waals surface area contributed by atoms with Crippen molar-refractivity contribution in [1.29, 1.82) is 0 Å². The smallest absolute Gasteiger partial charge is 0.454 e. The fourth-order valence-corrected chi connectivity index (χ4v) is 4.02. The third kappa shape index (κ3) is 2.08. The quantitative estimate of drug-likeness (QED) is 0.683. The summed E-state index contributed by atoms with van der Waals surface area (Å²) in [5.41, 5.74) is -0.664. The molecule has 1 N–H and O–H groups in total. The first-order valence-corrected chi connectivity index (χ1v) is 7.80. The van der Waals surface area contributed by atoms with Crippen LogP contribution in [-0.2, 0) is 4.79 Å². The Hall–Kier alpha value is -2.54. The molecule has 3 aromatic rings. The van der Waals surface area contributed by atoms with Crippen LogP contribution in [0.4, 0.5) is 13.2 Å². The van der Waals surface area contributed by atoms with E-state index >= 15 is 0 Å². The molecule has 0 bridgehead atoms. The lowest BCUT2D eigenvalue weighted by molar-refractivity contribution is -0.167. The number of hydrogen-bond acceptors (Lipinski definition) is 4. The average Bonchev–Trinajstić information content (AvgIpc) is 2.93. The second-order valence-corrected chi connectivity index (χ2v) is 6.41. The van der Waals surface area contributed by atoms with Crippen LogP contribution in [0.15, 0.2) is 42.0 Å². The van der Waals surface area contributed by atoms with Crippen LogP contribution in [0.25, 0.3) is 25.9 Å². The number of fused-ring (bicyclic) bond motifs is 5. The Labute approximate surface area is 137 Å². The highest BCUT2D eigenvalue weighted by molar-refractivity contribution is 7.26. The number of carbonyl (C=O) groups is 1. The van der Waals surface area contributed by atoms with Gasteiger partial charge in [0, 0.05) is 15.5 Å². The monoisotopic (exact) mass is 350 g/mol. The fraction of sp³-hybridized carbons (Fsp3) is 0.118. The van der Waals surface area contributed by atoms with Gasteiger partial charge in [0.1, 0.15) is 18.1 Å². The molecule has 122 valence electrons. The van der Waals surface area contributed by atoms with Crippen molar-refractivity contribution < 1.29 is 27.8 Å². The van der Waals surface area contributed by atoms with E-state index in [0.717, 1.165) is 20.2 Å². The summed E-state index contributed by atoms with van der Waals surface area (Å²) in [7, 11) is 0. The number of ether oxygens (including phenoxy) is 1. The predicted octanol–water partition coefficient (Wildman–Crippen LogP) is 4.85. The largest absolute Gasteiger partial charge is 0.507 e. The number of benzene rings is 2. The molecule has 7 heteroatoms. The molecule has 0 aliphatic carbocycles. The average molecular weight is 350 g/mol. The number of ketones is 1. The second-order valence-electron chi connectivity index (χ2n) is 5.36. The van der Waals surface area contributed by atoms with Gasteiger partial charge < -0.3 is 9.84 Å². The summed E-state index contributed by atoms with van der Waals surface area (Å²) in [4.78, 5) is 11.4. The molecular weight excluding hydrogens is 341 g/mol. The van der Waals surface area contributed by atoms with E-state index in [0.29, 0.717) is 5.75 Å². The summed E-state index contributed by atoms with van der Waals surface area (Å²) in [6.07, 6.45) is -5.05. The highest BCUT2D eigenvalue weighted by Crippen LogP contribution is 2.45. The number of aliphatic hydroxyl groups is 1. The first-order valence-electron chi connectivity index (χ1n) is 6.99. The van der Waals surface area contributed by atoms with Gasteiger partial charge in [-0.3, -0.25) is 4.79 Å². The van der Waals surface area contributed by atoms with E-state index in [1.165, 1.54) is 17.4 Å². The van der Waals surface area contributed by atoms with E-state index in [1.54, 1.807) is 6.07 Å². The van der Waals surface area contributed by atoms with Crippen LogP contribution in [-0.4, -0.2) is 23.7 Å². The molecule has 0 saturated heterocycles. The molecule has 0 amide bonds. The number of halogens is 3. The minimum Gasteiger partial charge on any atom is -0.507 e. The number of carbonyl (C=O) groups excluding carboxylic acids is 1. The first-order chi connectivity index (χ1) is 11.4. The van der Waals surface area contributed by atoms with Crippen molar-refractivity contribution in [2.75, 3.05) is 6.61 Å². The van der Waals surface area contributed by atoms with Crippen molar-refractivity contribution in [1.82, 2.24) is 0 Å². The Morgan fingerprint density at radius 3 is 2.62 bits per heavy atom. The van der Waals surface area contributed by atoms with Gasteiger partial charge in [-0.2, -0.15) is 13.2 Å². The highest BCUT2D eigenvalue weighted by atomic mass is 32.1. The summed E-state index contributed by atoms with van der Waals surface area (Å²) in [5, 5.41) is 12.1. The molecule has 0 saturated carbocycles. The molecule has 24 heavy (non-hydrogen) atoms. The molecule has 1 aromatic heterocycles. The maximum atomic E-state index is 12.6. The summed E-state index contributed by atoms with van der Waals surface area (Å²) >= 11 is 1.43. The third-order valence-electron chi connectivity index (χ3n) is 3.93. The molecule has 0 atom stereocenters. The van der Waals surface area contributed by atoms with Gasteiger partial charge in [0.2, 0.25) is 0 Å². The zero-order valence-electron chi connectivity index (χ0n) is 12.0. The van der Waals surface area contributed by atoms with Crippen LogP contribution in [0.3, 0.4) is 0 Å². The van der Waals surface area contributed by atoms with Crippen molar-refractivity contribution in [2.45, 2.75) is 6.18 Å². The fourth-order valence-electron chi connectivity index (χ4n) is 2.81.